The summed E-state index contributed by atoms with van der Waals surface area (Å²) in [5.74, 6) is 0. The molecular weight excluding hydrogens is 390 g/mol. The van der Waals surface area contributed by atoms with Crippen molar-refractivity contribution in [2.24, 2.45) is 7.05 Å². The van der Waals surface area contributed by atoms with Gasteiger partial charge in [0, 0.05) is 49.3 Å². The van der Waals surface area contributed by atoms with Crippen LogP contribution in [-0.2, 0) is 39.8 Å². The average Bonchev–Trinajstić information content (AvgIpc) is 2.28. The number of hydrogen-bond donors (Lipinski definition) is 0. The first-order chi connectivity index (χ1) is 8.00. The summed E-state index contributed by atoms with van der Waals surface area (Å²) in [7, 11) is 1.70. The van der Waals surface area contributed by atoms with Gasteiger partial charge in [0.15, 0.2) is 0 Å². The summed E-state index contributed by atoms with van der Waals surface area (Å²) in [6.07, 6.45) is 0. The second-order valence-corrected chi connectivity index (χ2v) is 5.13. The Labute approximate surface area is 144 Å². The molecule has 2 aromatic rings. The molecule has 0 N–H and O–H groups in total. The van der Waals surface area contributed by atoms with E-state index >= 15 is 0 Å². The molecule has 5 heteroatoms. The van der Waals surface area contributed by atoms with Gasteiger partial charge in [0.1, 0.15) is 0 Å². The van der Waals surface area contributed by atoms with Gasteiger partial charge in [0.05, 0.1) is 0 Å². The third-order valence-corrected chi connectivity index (χ3v) is 3.39. The van der Waals surface area contributed by atoms with Crippen LogP contribution in [0.2, 0.25) is 5.02 Å². The van der Waals surface area contributed by atoms with Gasteiger partial charge in [-0.25, -0.2) is 0 Å². The molecule has 0 amide bonds. The summed E-state index contributed by atoms with van der Waals surface area (Å²) in [5, 5.41) is 0.186. The minimum Gasteiger partial charge on any atom is -0.344 e. The molecule has 91 valence electrons. The topological polar surface area (TPSA) is 22.0 Å². The summed E-state index contributed by atoms with van der Waals surface area (Å²) in [6.45, 7) is 1.99. The van der Waals surface area contributed by atoms with E-state index in [9.17, 15) is 4.79 Å². The van der Waals surface area contributed by atoms with Crippen LogP contribution in [0.3, 0.4) is 0 Å². The van der Waals surface area contributed by atoms with E-state index in [-0.39, 0.29) is 43.3 Å². The van der Waals surface area contributed by atoms with Crippen LogP contribution in [0.5, 0.6) is 0 Å². The smallest absolute Gasteiger partial charge is 0.212 e. The van der Waals surface area contributed by atoms with Crippen molar-refractivity contribution in [3.8, 4) is 11.3 Å². The van der Waals surface area contributed by atoms with E-state index in [2.05, 4.69) is 22.0 Å². The Bertz CT molecular complexity index is 639. The summed E-state index contributed by atoms with van der Waals surface area (Å²) < 4.78 is 2.52. The predicted octanol–water partition coefficient (Wildman–Crippen LogP) is 3.57. The van der Waals surface area contributed by atoms with Crippen LogP contribution >= 0.6 is 27.5 Å². The molecule has 0 aliphatic heterocycles. The number of aromatic nitrogens is 1. The molecule has 0 fully saturated rings. The van der Waals surface area contributed by atoms with Gasteiger partial charge in [-0.3, -0.25) is 4.79 Å². The molecule has 2 nitrogen and oxygen atoms in total. The molecule has 2 rings (SSSR count). The zero-order valence-corrected chi connectivity index (χ0v) is 15.2. The van der Waals surface area contributed by atoms with Crippen LogP contribution in [0, 0.1) is 13.0 Å². The van der Waals surface area contributed by atoms with Crippen molar-refractivity contribution in [2.45, 2.75) is 6.92 Å². The molecule has 18 heavy (non-hydrogen) atoms. The molecule has 0 spiro atoms. The van der Waals surface area contributed by atoms with Crippen LogP contribution in [0.1, 0.15) is 5.56 Å². The van der Waals surface area contributed by atoms with E-state index in [4.69, 9.17) is 11.6 Å². The van der Waals surface area contributed by atoms with Crippen LogP contribution in [0.4, 0.5) is 0 Å². The van der Waals surface area contributed by atoms with Gasteiger partial charge in [0.2, 0.25) is 5.56 Å². The normalized spacial score (nSPS) is 10.0. The fourth-order valence-electron chi connectivity index (χ4n) is 1.70. The van der Waals surface area contributed by atoms with Gasteiger partial charge in [-0.2, -0.15) is 23.7 Å². The molecule has 1 aromatic heterocycles. The molecule has 0 atom stereocenters. The standard InChI is InChI=1S/C13H10BrClNO.Y/c1-8-7-9(14)3-4-10(8)12-6-5-11(15)13(17)16(12)2;/h3-5,7H,1-2H3;/q-1;. The van der Waals surface area contributed by atoms with Gasteiger partial charge in [-0.1, -0.05) is 51.8 Å². The van der Waals surface area contributed by atoms with Gasteiger partial charge in [-0.15, -0.1) is 6.07 Å². The Kier molecular flexibility index (Phi) is 5.79. The molecule has 1 aromatic carbocycles. The Morgan fingerprint density at radius 2 is 2.06 bits per heavy atom. The van der Waals surface area contributed by atoms with Crippen molar-refractivity contribution in [1.82, 2.24) is 4.57 Å². The number of nitrogens with zero attached hydrogens (tertiary/aromatic N) is 1. The van der Waals surface area contributed by atoms with Gasteiger partial charge in [0.25, 0.3) is 0 Å². The second kappa shape index (κ2) is 6.47. The summed E-state index contributed by atoms with van der Waals surface area (Å²) in [5.41, 5.74) is 2.59. The number of hydrogen-bond acceptors (Lipinski definition) is 1. The quantitative estimate of drug-likeness (QED) is 0.671. The van der Waals surface area contributed by atoms with Crippen LogP contribution in [0.15, 0.2) is 33.5 Å². The number of halogens is 2. The van der Waals surface area contributed by atoms with E-state index in [0.717, 1.165) is 21.3 Å². The molecule has 1 radical (unpaired) electrons. The minimum absolute atomic E-state index is 0. The fraction of sp³-hybridized carbons (Fsp3) is 0.154. The average molecular weight is 400 g/mol. The number of benzene rings is 1. The van der Waals surface area contributed by atoms with Crippen molar-refractivity contribution in [1.29, 1.82) is 0 Å². The van der Waals surface area contributed by atoms with Crippen molar-refractivity contribution in [2.75, 3.05) is 0 Å². The van der Waals surface area contributed by atoms with Gasteiger partial charge < -0.3 is 4.57 Å². The van der Waals surface area contributed by atoms with Crippen molar-refractivity contribution >= 4 is 27.5 Å². The third kappa shape index (κ3) is 3.13. The summed E-state index contributed by atoms with van der Waals surface area (Å²) in [6, 6.07) is 10.5. The summed E-state index contributed by atoms with van der Waals surface area (Å²) >= 11 is 9.18. The van der Waals surface area contributed by atoms with E-state index < -0.39 is 0 Å². The maximum atomic E-state index is 11.7. The van der Waals surface area contributed by atoms with Crippen LogP contribution in [0.25, 0.3) is 11.3 Å². The Balaban J connectivity index is 0.00000162. The molecule has 1 heterocycles. The van der Waals surface area contributed by atoms with Crippen LogP contribution < -0.4 is 5.56 Å². The van der Waals surface area contributed by atoms with Crippen molar-refractivity contribution in [3.05, 3.63) is 55.7 Å². The first-order valence-corrected chi connectivity index (χ1v) is 6.21. The predicted molar refractivity (Wildman–Crippen MR) is 73.4 cm³/mol. The second-order valence-electron chi connectivity index (χ2n) is 3.81. The Morgan fingerprint density at radius 1 is 1.39 bits per heavy atom. The largest absolute Gasteiger partial charge is 0.344 e. The molecule has 0 saturated carbocycles. The van der Waals surface area contributed by atoms with Gasteiger partial charge >= 0.3 is 0 Å². The fourth-order valence-corrected chi connectivity index (χ4v) is 2.36. The molecule has 0 saturated heterocycles. The minimum atomic E-state index is -0.206. The maximum absolute atomic E-state index is 11.7. The third-order valence-electron chi connectivity index (χ3n) is 2.62. The monoisotopic (exact) mass is 399 g/mol. The number of rotatable bonds is 1. The zero-order chi connectivity index (χ0) is 12.6. The van der Waals surface area contributed by atoms with E-state index in [0.29, 0.717) is 0 Å². The first-order valence-electron chi connectivity index (χ1n) is 5.04. The number of aryl methyl sites for hydroxylation is 1. The number of pyridine rings is 1. The van der Waals surface area contributed by atoms with Crippen molar-refractivity contribution in [3.63, 3.8) is 0 Å². The van der Waals surface area contributed by atoms with Gasteiger partial charge in [-0.05, 0) is 0 Å². The molecule has 0 bridgehead atoms. The molecule has 0 aliphatic rings. The molecular formula is C13H10BrClNOY-. The molecule has 0 aliphatic carbocycles. The maximum Gasteiger partial charge on any atom is 0.212 e. The van der Waals surface area contributed by atoms with Crippen LogP contribution in [-0.4, -0.2) is 4.57 Å². The van der Waals surface area contributed by atoms with E-state index in [1.165, 1.54) is 10.6 Å². The Morgan fingerprint density at radius 3 is 2.67 bits per heavy atom. The Hall–Kier alpha value is 0.0439. The van der Waals surface area contributed by atoms with Crippen molar-refractivity contribution < 1.29 is 32.7 Å². The van der Waals surface area contributed by atoms with E-state index in [1.54, 1.807) is 7.05 Å². The SMILES string of the molecule is Cc1cc(Br)ccc1-c1[c-]cc(Cl)c(=O)n1C.[Y]. The zero-order valence-electron chi connectivity index (χ0n) is 10.00. The first kappa shape index (κ1) is 16.1. The summed E-state index contributed by atoms with van der Waals surface area (Å²) in [4.78, 5) is 11.7. The van der Waals surface area contributed by atoms with E-state index in [1.807, 2.05) is 25.1 Å². The molecule has 0 unspecified atom stereocenters.